The van der Waals surface area contributed by atoms with Gasteiger partial charge in [-0.1, -0.05) is 72.8 Å². The first-order valence-corrected chi connectivity index (χ1v) is 10.9. The van der Waals surface area contributed by atoms with Crippen molar-refractivity contribution in [2.24, 2.45) is 0 Å². The van der Waals surface area contributed by atoms with Gasteiger partial charge in [-0.2, -0.15) is 0 Å². The zero-order valence-corrected chi connectivity index (χ0v) is 18.2. The molecule has 6 rings (SSSR count). The molecular weight excluding hydrogens is 416 g/mol. The van der Waals surface area contributed by atoms with E-state index in [0.29, 0.717) is 11.4 Å². The normalized spacial score (nSPS) is 10.9. The van der Waals surface area contributed by atoms with E-state index in [1.807, 2.05) is 72.8 Å². The lowest BCUT2D eigenvalue weighted by atomic mass is 10.0. The van der Waals surface area contributed by atoms with E-state index in [1.165, 1.54) is 0 Å². The minimum atomic E-state index is 0.614. The van der Waals surface area contributed by atoms with Gasteiger partial charge in [0.25, 0.3) is 0 Å². The molecule has 0 radical (unpaired) electrons. The van der Waals surface area contributed by atoms with Gasteiger partial charge in [-0.05, 0) is 24.3 Å². The van der Waals surface area contributed by atoms with Crippen molar-refractivity contribution in [2.45, 2.75) is 0 Å². The summed E-state index contributed by atoms with van der Waals surface area (Å²) in [4.78, 5) is 7.49. The first-order chi connectivity index (χ1) is 16.8. The van der Waals surface area contributed by atoms with Crippen molar-refractivity contribution in [3.05, 3.63) is 132 Å². The molecule has 0 spiro atoms. The van der Waals surface area contributed by atoms with Gasteiger partial charge >= 0.3 is 0 Å². The molecule has 0 atom stereocenters. The van der Waals surface area contributed by atoms with Crippen molar-refractivity contribution in [1.29, 1.82) is 0 Å². The molecule has 2 aromatic heterocycles. The SMILES string of the molecule is [C-]#[N+]c1ccccc1-n1cc(-c2cn(-c3ccccc3[N+]#[C-])c3ccccc23)c2ccccc21. The predicted molar refractivity (Wildman–Crippen MR) is 138 cm³/mol. The van der Waals surface area contributed by atoms with Crippen LogP contribution in [0.4, 0.5) is 11.4 Å². The Labute approximate surface area is 197 Å². The van der Waals surface area contributed by atoms with Crippen molar-refractivity contribution in [2.75, 3.05) is 0 Å². The third kappa shape index (κ3) is 2.91. The molecule has 0 aliphatic rings. The van der Waals surface area contributed by atoms with Crippen LogP contribution in [0.2, 0.25) is 0 Å². The number of rotatable bonds is 3. The molecule has 0 fully saturated rings. The number of para-hydroxylation sites is 6. The van der Waals surface area contributed by atoms with Gasteiger partial charge in [0.05, 0.1) is 35.6 Å². The molecule has 4 aromatic carbocycles. The van der Waals surface area contributed by atoms with Gasteiger partial charge in [0.1, 0.15) is 0 Å². The Morgan fingerprint density at radius 2 is 0.853 bits per heavy atom. The minimum absolute atomic E-state index is 0.614. The van der Waals surface area contributed by atoms with Gasteiger partial charge in [-0.3, -0.25) is 0 Å². The fourth-order valence-corrected chi connectivity index (χ4v) is 4.71. The second-order valence-corrected chi connectivity index (χ2v) is 8.06. The summed E-state index contributed by atoms with van der Waals surface area (Å²) in [5.41, 5.74) is 7.23. The van der Waals surface area contributed by atoms with Gasteiger partial charge in [-0.15, -0.1) is 0 Å². The van der Waals surface area contributed by atoms with Crippen molar-refractivity contribution in [3.8, 4) is 22.5 Å². The predicted octanol–water partition coefficient (Wildman–Crippen LogP) is 8.34. The third-order valence-electron chi connectivity index (χ3n) is 6.24. The Bertz CT molecular complexity index is 1650. The van der Waals surface area contributed by atoms with Crippen molar-refractivity contribution >= 4 is 33.2 Å². The standard InChI is InChI=1S/C30H18N4/c1-31-25-13-5-9-17-29(25)33-19-23(21-11-3-7-15-27(21)33)24-20-34(28-16-8-4-12-22(24)28)30-18-10-6-14-26(30)32-2/h3-20H. The number of nitrogens with zero attached hydrogens (tertiary/aromatic N) is 4. The summed E-state index contributed by atoms with van der Waals surface area (Å²) >= 11 is 0. The van der Waals surface area contributed by atoms with Crippen LogP contribution in [0.15, 0.2) is 109 Å². The number of fused-ring (bicyclic) bond motifs is 2. The van der Waals surface area contributed by atoms with Gasteiger partial charge in [0, 0.05) is 34.3 Å². The molecule has 158 valence electrons. The third-order valence-corrected chi connectivity index (χ3v) is 6.24. The second-order valence-electron chi connectivity index (χ2n) is 8.06. The monoisotopic (exact) mass is 434 g/mol. The zero-order chi connectivity index (χ0) is 23.1. The van der Waals surface area contributed by atoms with Crippen molar-refractivity contribution in [3.63, 3.8) is 0 Å². The molecule has 0 saturated carbocycles. The average molecular weight is 435 g/mol. The van der Waals surface area contributed by atoms with Crippen LogP contribution < -0.4 is 0 Å². The summed E-state index contributed by atoms with van der Waals surface area (Å²) in [6.45, 7) is 15.3. The largest absolute Gasteiger partial charge is 0.326 e. The smallest absolute Gasteiger partial charge is 0.210 e. The second kappa shape index (κ2) is 7.81. The Balaban J connectivity index is 1.67. The van der Waals surface area contributed by atoms with Crippen LogP contribution >= 0.6 is 0 Å². The maximum atomic E-state index is 7.64. The quantitative estimate of drug-likeness (QED) is 0.249. The molecule has 0 aliphatic carbocycles. The topological polar surface area (TPSA) is 18.6 Å². The maximum absolute atomic E-state index is 7.64. The molecule has 4 heteroatoms. The van der Waals surface area contributed by atoms with E-state index >= 15 is 0 Å². The van der Waals surface area contributed by atoms with E-state index < -0.39 is 0 Å². The lowest BCUT2D eigenvalue weighted by molar-refractivity contribution is 1.13. The summed E-state index contributed by atoms with van der Waals surface area (Å²) in [5, 5.41) is 2.23. The van der Waals surface area contributed by atoms with Crippen LogP contribution in [0.5, 0.6) is 0 Å². The van der Waals surface area contributed by atoms with Crippen molar-refractivity contribution < 1.29 is 0 Å². The van der Waals surface area contributed by atoms with Crippen LogP contribution in [0.3, 0.4) is 0 Å². The number of aromatic nitrogens is 2. The summed E-state index contributed by atoms with van der Waals surface area (Å²) < 4.78 is 4.22. The Morgan fingerprint density at radius 3 is 1.29 bits per heavy atom. The van der Waals surface area contributed by atoms with Crippen LogP contribution in [0.25, 0.3) is 54.0 Å². The average Bonchev–Trinajstić information content (AvgIpc) is 3.47. The first-order valence-electron chi connectivity index (χ1n) is 10.9. The molecule has 0 saturated heterocycles. The number of benzene rings is 4. The highest BCUT2D eigenvalue weighted by molar-refractivity contribution is 6.06. The minimum Gasteiger partial charge on any atom is -0.326 e. The molecule has 0 bridgehead atoms. The first kappa shape index (κ1) is 19.6. The number of hydrogen-bond donors (Lipinski definition) is 0. The zero-order valence-electron chi connectivity index (χ0n) is 18.2. The molecule has 0 unspecified atom stereocenters. The molecule has 2 heterocycles. The molecule has 6 aromatic rings. The molecular formula is C30H18N4. The van der Waals surface area contributed by atoms with E-state index in [4.69, 9.17) is 13.1 Å². The van der Waals surface area contributed by atoms with Gasteiger partial charge in [0.15, 0.2) is 0 Å². The highest BCUT2D eigenvalue weighted by atomic mass is 15.0. The lowest BCUT2D eigenvalue weighted by Gasteiger charge is -2.07. The maximum Gasteiger partial charge on any atom is 0.210 e. The van der Waals surface area contributed by atoms with Crippen LogP contribution in [0, 0.1) is 13.1 Å². The Morgan fingerprint density at radius 1 is 0.471 bits per heavy atom. The fourth-order valence-electron chi connectivity index (χ4n) is 4.71. The van der Waals surface area contributed by atoms with Gasteiger partial charge in [0.2, 0.25) is 11.4 Å². The van der Waals surface area contributed by atoms with E-state index in [-0.39, 0.29) is 0 Å². The van der Waals surface area contributed by atoms with Crippen molar-refractivity contribution in [1.82, 2.24) is 9.13 Å². The Kier molecular flexibility index (Phi) is 4.51. The van der Waals surface area contributed by atoms with E-state index in [9.17, 15) is 0 Å². The summed E-state index contributed by atoms with van der Waals surface area (Å²) in [5.74, 6) is 0. The van der Waals surface area contributed by atoms with Crippen LogP contribution in [-0.2, 0) is 0 Å². The highest BCUT2D eigenvalue weighted by Gasteiger charge is 2.18. The molecule has 0 amide bonds. The molecule has 0 aliphatic heterocycles. The van der Waals surface area contributed by atoms with E-state index in [2.05, 4.69) is 55.5 Å². The van der Waals surface area contributed by atoms with Gasteiger partial charge in [-0.25, -0.2) is 9.69 Å². The number of hydrogen-bond acceptors (Lipinski definition) is 0. The summed E-state index contributed by atoms with van der Waals surface area (Å²) in [6.07, 6.45) is 4.25. The molecule has 0 N–H and O–H groups in total. The fraction of sp³-hybridized carbons (Fsp3) is 0. The van der Waals surface area contributed by atoms with Crippen LogP contribution in [-0.4, -0.2) is 9.13 Å². The van der Waals surface area contributed by atoms with Crippen LogP contribution in [0.1, 0.15) is 0 Å². The summed E-state index contributed by atoms with van der Waals surface area (Å²) in [7, 11) is 0. The molecule has 34 heavy (non-hydrogen) atoms. The summed E-state index contributed by atoms with van der Waals surface area (Å²) in [6, 6.07) is 32.0. The highest BCUT2D eigenvalue weighted by Crippen LogP contribution is 2.40. The van der Waals surface area contributed by atoms with E-state index in [0.717, 1.165) is 44.3 Å². The van der Waals surface area contributed by atoms with Gasteiger partial charge < -0.3 is 9.13 Å². The molecule has 4 nitrogen and oxygen atoms in total. The lowest BCUT2D eigenvalue weighted by Crippen LogP contribution is -1.91. The van der Waals surface area contributed by atoms with E-state index in [1.54, 1.807) is 0 Å². The Hall–Kier alpha value is -5.06.